The predicted octanol–water partition coefficient (Wildman–Crippen LogP) is 1.10. The van der Waals surface area contributed by atoms with Crippen molar-refractivity contribution in [1.82, 2.24) is 9.80 Å². The Kier molecular flexibility index (Phi) is 4.54. The highest BCUT2D eigenvalue weighted by atomic mass is 16.4. The maximum Gasteiger partial charge on any atom is 0.329 e. The van der Waals surface area contributed by atoms with Gasteiger partial charge in [-0.05, 0) is 39.0 Å². The molecule has 0 radical (unpaired) electrons. The van der Waals surface area contributed by atoms with Crippen LogP contribution in [0.1, 0.15) is 46.0 Å². The minimum absolute atomic E-state index is 0.0212. The Bertz CT molecular complexity index is 451. The Morgan fingerprint density at radius 1 is 1.14 bits per heavy atom. The molecule has 0 aliphatic carbocycles. The largest absolute Gasteiger partial charge is 0.480 e. The zero-order chi connectivity index (χ0) is 15.6. The molecule has 0 aromatic rings. The van der Waals surface area contributed by atoms with Crippen molar-refractivity contribution in [3.05, 3.63) is 0 Å². The van der Waals surface area contributed by atoms with Crippen molar-refractivity contribution in [3.8, 4) is 0 Å². The van der Waals surface area contributed by atoms with Gasteiger partial charge >= 0.3 is 5.97 Å². The monoisotopic (exact) mass is 296 g/mol. The first kappa shape index (κ1) is 15.8. The zero-order valence-corrected chi connectivity index (χ0v) is 12.8. The lowest BCUT2D eigenvalue weighted by molar-refractivity contribution is -0.164. The van der Waals surface area contributed by atoms with E-state index in [0.29, 0.717) is 26.1 Å². The van der Waals surface area contributed by atoms with E-state index in [1.165, 1.54) is 11.8 Å². The number of carbonyl (C=O) groups is 3. The van der Waals surface area contributed by atoms with Crippen molar-refractivity contribution < 1.29 is 19.5 Å². The molecular weight excluding hydrogens is 272 g/mol. The number of carbonyl (C=O) groups excluding carboxylic acids is 2. The van der Waals surface area contributed by atoms with Crippen LogP contribution in [0, 0.1) is 5.92 Å². The van der Waals surface area contributed by atoms with E-state index in [2.05, 4.69) is 0 Å². The van der Waals surface area contributed by atoms with Crippen molar-refractivity contribution in [2.45, 2.75) is 51.5 Å². The minimum Gasteiger partial charge on any atom is -0.480 e. The topological polar surface area (TPSA) is 77.9 Å². The first-order valence-electron chi connectivity index (χ1n) is 7.66. The number of amides is 2. The Morgan fingerprint density at radius 2 is 1.86 bits per heavy atom. The van der Waals surface area contributed by atoms with Gasteiger partial charge < -0.3 is 14.9 Å². The molecule has 0 aromatic heterocycles. The normalized spacial score (nSPS) is 30.1. The lowest BCUT2D eigenvalue weighted by Crippen LogP contribution is -2.60. The van der Waals surface area contributed by atoms with E-state index in [-0.39, 0.29) is 17.7 Å². The molecule has 2 amide bonds. The molecular formula is C15H24N2O4. The summed E-state index contributed by atoms with van der Waals surface area (Å²) in [6.07, 6.45) is 3.70. The molecule has 0 saturated carbocycles. The lowest BCUT2D eigenvalue weighted by atomic mass is 9.86. The van der Waals surface area contributed by atoms with Crippen LogP contribution in [0.25, 0.3) is 0 Å². The third-order valence-electron chi connectivity index (χ3n) is 4.83. The molecule has 21 heavy (non-hydrogen) atoms. The number of likely N-dealkylation sites (tertiary alicyclic amines) is 2. The highest BCUT2D eigenvalue weighted by molar-refractivity contribution is 5.88. The van der Waals surface area contributed by atoms with E-state index >= 15 is 0 Å². The van der Waals surface area contributed by atoms with Crippen LogP contribution in [0.4, 0.5) is 0 Å². The predicted molar refractivity (Wildman–Crippen MR) is 76.6 cm³/mol. The van der Waals surface area contributed by atoms with E-state index in [4.69, 9.17) is 0 Å². The summed E-state index contributed by atoms with van der Waals surface area (Å²) in [6, 6.07) is 0. The summed E-state index contributed by atoms with van der Waals surface area (Å²) in [4.78, 5) is 39.1. The summed E-state index contributed by atoms with van der Waals surface area (Å²) in [7, 11) is 0. The number of nitrogens with zero attached hydrogens (tertiary/aromatic N) is 2. The molecule has 118 valence electrons. The van der Waals surface area contributed by atoms with E-state index in [0.717, 1.165) is 25.7 Å². The third kappa shape index (κ3) is 3.04. The fourth-order valence-corrected chi connectivity index (χ4v) is 3.38. The fourth-order valence-electron chi connectivity index (χ4n) is 3.38. The Labute approximate surface area is 125 Å². The number of carboxylic acids is 1. The molecule has 0 aromatic carbocycles. The molecule has 0 bridgehead atoms. The van der Waals surface area contributed by atoms with Crippen LogP contribution < -0.4 is 0 Å². The third-order valence-corrected chi connectivity index (χ3v) is 4.83. The first-order chi connectivity index (χ1) is 9.86. The molecule has 2 heterocycles. The summed E-state index contributed by atoms with van der Waals surface area (Å²) in [5.41, 5.74) is -1.10. The smallest absolute Gasteiger partial charge is 0.329 e. The second kappa shape index (κ2) is 6.03. The second-order valence-electron chi connectivity index (χ2n) is 6.33. The number of rotatable bonds is 2. The van der Waals surface area contributed by atoms with Crippen LogP contribution in [0.3, 0.4) is 0 Å². The van der Waals surface area contributed by atoms with Gasteiger partial charge in [-0.25, -0.2) is 4.79 Å². The van der Waals surface area contributed by atoms with Gasteiger partial charge in [0.05, 0.1) is 5.92 Å². The number of carboxylic acid groups (broad SMARTS) is 1. The summed E-state index contributed by atoms with van der Waals surface area (Å²) < 4.78 is 0. The summed E-state index contributed by atoms with van der Waals surface area (Å²) in [5.74, 6) is -1.33. The second-order valence-corrected chi connectivity index (χ2v) is 6.33. The average molecular weight is 296 g/mol. The quantitative estimate of drug-likeness (QED) is 0.827. The van der Waals surface area contributed by atoms with Gasteiger partial charge in [0.1, 0.15) is 5.54 Å². The molecule has 6 nitrogen and oxygen atoms in total. The van der Waals surface area contributed by atoms with Crippen LogP contribution >= 0.6 is 0 Å². The Morgan fingerprint density at radius 3 is 2.48 bits per heavy atom. The maximum absolute atomic E-state index is 12.8. The van der Waals surface area contributed by atoms with Gasteiger partial charge in [-0.1, -0.05) is 0 Å². The summed E-state index contributed by atoms with van der Waals surface area (Å²) in [6.45, 7) is 4.75. The van der Waals surface area contributed by atoms with Crippen molar-refractivity contribution in [1.29, 1.82) is 0 Å². The molecule has 2 saturated heterocycles. The minimum atomic E-state index is -1.10. The highest BCUT2D eigenvalue weighted by Crippen LogP contribution is 2.31. The summed E-state index contributed by atoms with van der Waals surface area (Å²) in [5, 5.41) is 9.50. The van der Waals surface area contributed by atoms with Gasteiger partial charge in [0, 0.05) is 26.6 Å². The van der Waals surface area contributed by atoms with Crippen molar-refractivity contribution >= 4 is 17.8 Å². The number of aliphatic carboxylic acids is 1. The first-order valence-corrected chi connectivity index (χ1v) is 7.66. The molecule has 0 spiro atoms. The molecule has 2 rings (SSSR count). The summed E-state index contributed by atoms with van der Waals surface area (Å²) >= 11 is 0. The van der Waals surface area contributed by atoms with Crippen LogP contribution in [0.15, 0.2) is 0 Å². The van der Waals surface area contributed by atoms with Crippen molar-refractivity contribution in [2.24, 2.45) is 5.92 Å². The fraction of sp³-hybridized carbons (Fsp3) is 0.800. The van der Waals surface area contributed by atoms with Gasteiger partial charge in [-0.3, -0.25) is 9.59 Å². The molecule has 2 atom stereocenters. The van der Waals surface area contributed by atoms with E-state index in [1.807, 2.05) is 0 Å². The van der Waals surface area contributed by atoms with Crippen molar-refractivity contribution in [3.63, 3.8) is 0 Å². The molecule has 2 aliphatic rings. The van der Waals surface area contributed by atoms with Crippen LogP contribution in [-0.4, -0.2) is 57.9 Å². The lowest BCUT2D eigenvalue weighted by Gasteiger charge is -2.44. The van der Waals surface area contributed by atoms with Crippen LogP contribution in [0.2, 0.25) is 0 Å². The zero-order valence-electron chi connectivity index (χ0n) is 12.8. The number of hydrogen-bond donors (Lipinski definition) is 1. The van der Waals surface area contributed by atoms with E-state index in [9.17, 15) is 19.5 Å². The van der Waals surface area contributed by atoms with Gasteiger partial charge in [0.25, 0.3) is 0 Å². The Hall–Kier alpha value is -1.59. The standard InChI is InChI=1S/C15H24N2O4/c1-11(18)16-8-5-6-12(10-16)13(19)17-9-4-3-7-15(17,2)14(20)21/h12H,3-10H2,1-2H3,(H,20,21). The van der Waals surface area contributed by atoms with Gasteiger partial charge in [0.2, 0.25) is 11.8 Å². The van der Waals surface area contributed by atoms with E-state index in [1.54, 1.807) is 11.8 Å². The van der Waals surface area contributed by atoms with E-state index < -0.39 is 11.5 Å². The molecule has 2 aliphatic heterocycles. The molecule has 2 fully saturated rings. The van der Waals surface area contributed by atoms with Gasteiger partial charge in [-0.15, -0.1) is 0 Å². The van der Waals surface area contributed by atoms with Crippen molar-refractivity contribution in [2.75, 3.05) is 19.6 Å². The molecule has 1 N–H and O–H groups in total. The van der Waals surface area contributed by atoms with Crippen LogP contribution in [0.5, 0.6) is 0 Å². The van der Waals surface area contributed by atoms with Crippen LogP contribution in [-0.2, 0) is 14.4 Å². The number of piperidine rings is 2. The van der Waals surface area contributed by atoms with Gasteiger partial charge in [0.15, 0.2) is 0 Å². The SMILES string of the molecule is CC(=O)N1CCCC(C(=O)N2CCCCC2(C)C(=O)O)C1. The maximum atomic E-state index is 12.8. The molecule has 6 heteroatoms. The average Bonchev–Trinajstić information content (AvgIpc) is 2.47. The molecule has 2 unspecified atom stereocenters. The highest BCUT2D eigenvalue weighted by Gasteiger charge is 2.46. The van der Waals surface area contributed by atoms with Gasteiger partial charge in [-0.2, -0.15) is 0 Å². The Balaban J connectivity index is 2.13. The number of hydrogen-bond acceptors (Lipinski definition) is 3.